The maximum atomic E-state index is 11.0. The molecular weight excluding hydrogens is 300 g/mol. The fraction of sp³-hybridized carbons (Fsp3) is 0.812. The van der Waals surface area contributed by atoms with Crippen LogP contribution >= 0.6 is 0 Å². The fourth-order valence-electron chi connectivity index (χ4n) is 2.30. The summed E-state index contributed by atoms with van der Waals surface area (Å²) in [6.07, 6.45) is 2.50. The van der Waals surface area contributed by atoms with Gasteiger partial charge in [0.15, 0.2) is 0 Å². The van der Waals surface area contributed by atoms with Crippen molar-refractivity contribution in [3.8, 4) is 0 Å². The van der Waals surface area contributed by atoms with Gasteiger partial charge in [-0.1, -0.05) is 13.8 Å². The molecule has 1 fully saturated rings. The third-order valence-electron chi connectivity index (χ3n) is 3.58. The van der Waals surface area contributed by atoms with Crippen LogP contribution in [0.15, 0.2) is 0 Å². The minimum absolute atomic E-state index is 0.0793. The number of carboxylic acid groups (broad SMARTS) is 1. The highest BCUT2D eigenvalue weighted by atomic mass is 16.5. The lowest BCUT2D eigenvalue weighted by atomic mass is 9.96. The topological polar surface area (TPSA) is 105 Å². The lowest BCUT2D eigenvalue weighted by molar-refractivity contribution is -0.146. The number of rotatable bonds is 5. The van der Waals surface area contributed by atoms with Crippen LogP contribution in [0.25, 0.3) is 0 Å². The maximum Gasteiger partial charge on any atom is 0.326 e. The van der Waals surface area contributed by atoms with Crippen molar-refractivity contribution in [3.63, 3.8) is 0 Å². The van der Waals surface area contributed by atoms with E-state index in [4.69, 9.17) is 5.11 Å². The number of ether oxygens (including phenoxy) is 1. The molecule has 0 saturated carbocycles. The molecule has 23 heavy (non-hydrogen) atoms. The number of hydrogen-bond donors (Lipinski definition) is 3. The molecule has 1 aliphatic heterocycles. The molecule has 7 heteroatoms. The quantitative estimate of drug-likeness (QED) is 0.654. The van der Waals surface area contributed by atoms with Crippen LogP contribution in [0.3, 0.4) is 0 Å². The van der Waals surface area contributed by atoms with Crippen LogP contribution in [-0.4, -0.2) is 48.7 Å². The molecule has 1 rings (SSSR count). The Bertz CT molecular complexity index is 390. The second-order valence-electron chi connectivity index (χ2n) is 6.33. The second-order valence-corrected chi connectivity index (χ2v) is 6.33. The lowest BCUT2D eigenvalue weighted by Gasteiger charge is -2.25. The first kappa shape index (κ1) is 21.4. The van der Waals surface area contributed by atoms with Gasteiger partial charge in [0.2, 0.25) is 5.91 Å². The van der Waals surface area contributed by atoms with Crippen LogP contribution in [0, 0.1) is 11.8 Å². The largest absolute Gasteiger partial charge is 0.480 e. The highest BCUT2D eigenvalue weighted by Gasteiger charge is 2.24. The third kappa shape index (κ3) is 9.89. The van der Waals surface area contributed by atoms with Crippen LogP contribution < -0.4 is 10.6 Å². The number of methoxy groups -OCH3 is 1. The van der Waals surface area contributed by atoms with E-state index in [0.29, 0.717) is 12.5 Å². The number of nitrogens with one attached hydrogen (secondary N) is 2. The van der Waals surface area contributed by atoms with Gasteiger partial charge in [-0.3, -0.25) is 9.59 Å². The predicted molar refractivity (Wildman–Crippen MR) is 86.9 cm³/mol. The van der Waals surface area contributed by atoms with Crippen molar-refractivity contribution >= 4 is 17.8 Å². The maximum absolute atomic E-state index is 11.0. The average molecular weight is 330 g/mol. The molecule has 0 aromatic rings. The molecule has 3 N–H and O–H groups in total. The van der Waals surface area contributed by atoms with Crippen LogP contribution in [0.4, 0.5) is 0 Å². The predicted octanol–water partition coefficient (Wildman–Crippen LogP) is 1.17. The Balaban J connectivity index is 0.000000422. The zero-order valence-corrected chi connectivity index (χ0v) is 14.7. The third-order valence-corrected chi connectivity index (χ3v) is 3.58. The summed E-state index contributed by atoms with van der Waals surface area (Å²) in [5, 5.41) is 14.3. The van der Waals surface area contributed by atoms with E-state index in [0.717, 1.165) is 19.4 Å². The first-order chi connectivity index (χ1) is 10.7. The summed E-state index contributed by atoms with van der Waals surface area (Å²) in [6, 6.07) is -0.196. The zero-order chi connectivity index (χ0) is 18.0. The Hall–Kier alpha value is -1.63. The van der Waals surface area contributed by atoms with Gasteiger partial charge in [0.1, 0.15) is 6.04 Å². The number of esters is 1. The van der Waals surface area contributed by atoms with Crippen LogP contribution in [-0.2, 0) is 19.1 Å². The van der Waals surface area contributed by atoms with E-state index < -0.39 is 12.0 Å². The summed E-state index contributed by atoms with van der Waals surface area (Å²) in [4.78, 5) is 32.1. The second kappa shape index (κ2) is 11.0. The van der Waals surface area contributed by atoms with Gasteiger partial charge in [-0.2, -0.15) is 0 Å². The van der Waals surface area contributed by atoms with E-state index in [2.05, 4.69) is 22.3 Å². The molecule has 7 nitrogen and oxygen atoms in total. The van der Waals surface area contributed by atoms with Gasteiger partial charge in [-0.05, 0) is 32.1 Å². The molecule has 0 bridgehead atoms. The monoisotopic (exact) mass is 330 g/mol. The van der Waals surface area contributed by atoms with Gasteiger partial charge in [0.05, 0.1) is 13.0 Å². The smallest absolute Gasteiger partial charge is 0.326 e. The molecule has 3 atom stereocenters. The molecule has 1 amide bonds. The van der Waals surface area contributed by atoms with E-state index in [-0.39, 0.29) is 23.7 Å². The van der Waals surface area contributed by atoms with Crippen molar-refractivity contribution in [2.45, 2.75) is 59.0 Å². The molecule has 0 aromatic heterocycles. The molecule has 1 heterocycles. The number of carbonyl (C=O) groups excluding carboxylic acids is 2. The minimum atomic E-state index is -0.973. The van der Waals surface area contributed by atoms with E-state index >= 15 is 0 Å². The van der Waals surface area contributed by atoms with Gasteiger partial charge in [-0.25, -0.2) is 4.79 Å². The van der Waals surface area contributed by atoms with Gasteiger partial charge < -0.3 is 20.5 Å². The average Bonchev–Trinajstić information content (AvgIpc) is 2.46. The standard InChI is InChI=1S/C8H15NO3.C8H15NO2/c1-5(2)4-7(8(11)12)9-6(3)10;1-6-3-4-7(5-9-6)8(10)11-2/h5,7H,4H2,1-3H3,(H,9,10)(H,11,12);6-7,9H,3-5H2,1-2H3/t7-;6-,7-/m00/s1. The SMILES string of the molecule is CC(=O)N[C@@H](CC(C)C)C(=O)O.COC(=O)[C@H]1CC[C@H](C)NC1. The summed E-state index contributed by atoms with van der Waals surface area (Å²) in [5.41, 5.74) is 0. The highest BCUT2D eigenvalue weighted by molar-refractivity contribution is 5.82. The van der Waals surface area contributed by atoms with Crippen molar-refractivity contribution in [2.24, 2.45) is 11.8 Å². The van der Waals surface area contributed by atoms with Crippen LogP contribution in [0.5, 0.6) is 0 Å². The number of amides is 1. The summed E-state index contributed by atoms with van der Waals surface area (Å²) in [6.45, 7) is 8.05. The van der Waals surface area contributed by atoms with Crippen LogP contribution in [0.1, 0.15) is 47.0 Å². The minimum Gasteiger partial charge on any atom is -0.480 e. The molecule has 0 spiro atoms. The fourth-order valence-corrected chi connectivity index (χ4v) is 2.30. The Morgan fingerprint density at radius 2 is 1.91 bits per heavy atom. The number of piperidine rings is 1. The molecule has 134 valence electrons. The normalized spacial score (nSPS) is 21.7. The summed E-state index contributed by atoms with van der Waals surface area (Å²) < 4.78 is 4.65. The Labute approximate surface area is 138 Å². The number of aliphatic carboxylic acids is 1. The van der Waals surface area contributed by atoms with Crippen molar-refractivity contribution in [2.75, 3.05) is 13.7 Å². The molecule has 1 aliphatic rings. The zero-order valence-electron chi connectivity index (χ0n) is 14.7. The van der Waals surface area contributed by atoms with E-state index in [9.17, 15) is 14.4 Å². The van der Waals surface area contributed by atoms with E-state index in [1.165, 1.54) is 14.0 Å². The molecule has 0 aromatic carbocycles. The van der Waals surface area contributed by atoms with E-state index in [1.807, 2.05) is 13.8 Å². The van der Waals surface area contributed by atoms with Gasteiger partial charge >= 0.3 is 11.9 Å². The first-order valence-corrected chi connectivity index (χ1v) is 7.98. The molecule has 1 saturated heterocycles. The molecule has 0 unspecified atom stereocenters. The lowest BCUT2D eigenvalue weighted by Crippen LogP contribution is -2.40. The van der Waals surface area contributed by atoms with Gasteiger partial charge in [-0.15, -0.1) is 0 Å². The van der Waals surface area contributed by atoms with E-state index in [1.54, 1.807) is 0 Å². The summed E-state index contributed by atoms with van der Waals surface area (Å²) >= 11 is 0. The van der Waals surface area contributed by atoms with Gasteiger partial charge in [0.25, 0.3) is 0 Å². The molecule has 0 aliphatic carbocycles. The van der Waals surface area contributed by atoms with Crippen LogP contribution in [0.2, 0.25) is 0 Å². The Kier molecular flexibility index (Phi) is 10.2. The Morgan fingerprint density at radius 3 is 2.26 bits per heavy atom. The first-order valence-electron chi connectivity index (χ1n) is 7.98. The highest BCUT2D eigenvalue weighted by Crippen LogP contribution is 2.14. The number of carbonyl (C=O) groups is 3. The molecular formula is C16H30N2O5. The molecule has 0 radical (unpaired) electrons. The number of carboxylic acids is 1. The van der Waals surface area contributed by atoms with Crippen molar-refractivity contribution in [1.82, 2.24) is 10.6 Å². The summed E-state index contributed by atoms with van der Waals surface area (Å²) in [5.74, 6) is -1.01. The Morgan fingerprint density at radius 1 is 1.30 bits per heavy atom. The number of hydrogen-bond acceptors (Lipinski definition) is 5. The van der Waals surface area contributed by atoms with Crippen molar-refractivity contribution in [3.05, 3.63) is 0 Å². The van der Waals surface area contributed by atoms with Crippen molar-refractivity contribution in [1.29, 1.82) is 0 Å². The van der Waals surface area contributed by atoms with Crippen molar-refractivity contribution < 1.29 is 24.2 Å². The van der Waals surface area contributed by atoms with Gasteiger partial charge in [0, 0.05) is 19.5 Å². The summed E-state index contributed by atoms with van der Waals surface area (Å²) in [7, 11) is 1.44.